The normalized spacial score (nSPS) is 17.1. The molecule has 0 saturated heterocycles. The van der Waals surface area contributed by atoms with Crippen molar-refractivity contribution in [3.63, 3.8) is 0 Å². The van der Waals surface area contributed by atoms with Crippen LogP contribution < -0.4 is 5.19 Å². The lowest BCUT2D eigenvalue weighted by atomic mass is 9.62. The van der Waals surface area contributed by atoms with Gasteiger partial charge in [-0.3, -0.25) is 0 Å². The highest BCUT2D eigenvalue weighted by Gasteiger charge is 2.53. The van der Waals surface area contributed by atoms with E-state index in [2.05, 4.69) is 206 Å². The van der Waals surface area contributed by atoms with Crippen LogP contribution in [0.2, 0.25) is 13.1 Å². The maximum Gasteiger partial charge on any atom is 0.108 e. The minimum absolute atomic E-state index is 0.527. The van der Waals surface area contributed by atoms with Crippen LogP contribution >= 0.6 is 0 Å². The van der Waals surface area contributed by atoms with Gasteiger partial charge in [-0.25, -0.2) is 0 Å². The molecular formula is C52H40N2Si. The zero-order valence-electron chi connectivity index (χ0n) is 31.3. The Morgan fingerprint density at radius 1 is 0.545 bits per heavy atom. The monoisotopic (exact) mass is 720 g/mol. The van der Waals surface area contributed by atoms with Crippen LogP contribution in [-0.2, 0) is 5.41 Å². The van der Waals surface area contributed by atoms with Crippen molar-refractivity contribution in [2.24, 2.45) is 0 Å². The first-order valence-corrected chi connectivity index (χ1v) is 22.3. The average Bonchev–Trinajstić information content (AvgIpc) is 3.75. The highest BCUT2D eigenvalue weighted by molar-refractivity contribution is 6.96. The van der Waals surface area contributed by atoms with E-state index < -0.39 is 13.5 Å². The molecule has 7 aromatic carbocycles. The Labute approximate surface area is 322 Å². The lowest BCUT2D eigenvalue weighted by Crippen LogP contribution is -2.55. The first-order chi connectivity index (χ1) is 26.9. The molecule has 0 N–H and O–H groups in total. The summed E-state index contributed by atoms with van der Waals surface area (Å²) < 4.78 is 4.92. The maximum atomic E-state index is 4.14. The third-order valence-corrected chi connectivity index (χ3v) is 16.9. The average molecular weight is 721 g/mol. The molecule has 0 saturated carbocycles. The second-order valence-electron chi connectivity index (χ2n) is 15.8. The lowest BCUT2D eigenvalue weighted by Gasteiger charge is -2.50. The lowest BCUT2D eigenvalue weighted by molar-refractivity contribution is 0.721. The Hall–Kier alpha value is -6.42. The summed E-state index contributed by atoms with van der Waals surface area (Å²) in [5.41, 5.74) is 14.8. The quantitative estimate of drug-likeness (QED) is 0.127. The number of hydrogen-bond donors (Lipinski definition) is 0. The Morgan fingerprint density at radius 3 is 1.80 bits per heavy atom. The van der Waals surface area contributed by atoms with Crippen LogP contribution in [0.3, 0.4) is 0 Å². The molecule has 1 atom stereocenters. The molecule has 1 unspecified atom stereocenters. The highest BCUT2D eigenvalue weighted by atomic mass is 28.3. The van der Waals surface area contributed by atoms with E-state index in [1.165, 1.54) is 98.8 Å². The van der Waals surface area contributed by atoms with Crippen molar-refractivity contribution in [2.45, 2.75) is 25.4 Å². The van der Waals surface area contributed by atoms with Crippen LogP contribution in [0.15, 0.2) is 193 Å². The summed E-state index contributed by atoms with van der Waals surface area (Å²) in [5.74, 6) is 0. The summed E-state index contributed by atoms with van der Waals surface area (Å²) in [5, 5.41) is 8.16. The van der Waals surface area contributed by atoms with Crippen LogP contribution in [0.25, 0.3) is 66.1 Å². The Bertz CT molecular complexity index is 3090. The third kappa shape index (κ3) is 4.14. The van der Waals surface area contributed by atoms with E-state index in [1.807, 2.05) is 6.08 Å². The zero-order valence-corrected chi connectivity index (χ0v) is 32.3. The summed E-state index contributed by atoms with van der Waals surface area (Å²) in [4.78, 5) is 0. The molecule has 0 bridgehead atoms. The zero-order chi connectivity index (χ0) is 37.1. The molecule has 2 nitrogen and oxygen atoms in total. The summed E-state index contributed by atoms with van der Waals surface area (Å²) in [7, 11) is -2.10. The molecule has 0 fully saturated rings. The first-order valence-electron chi connectivity index (χ1n) is 19.3. The van der Waals surface area contributed by atoms with Crippen molar-refractivity contribution in [2.75, 3.05) is 0 Å². The molecule has 2 aliphatic heterocycles. The topological polar surface area (TPSA) is 9.86 Å². The molecule has 1 spiro atoms. The van der Waals surface area contributed by atoms with Crippen molar-refractivity contribution in [3.8, 4) is 22.5 Å². The molecule has 4 heterocycles. The second-order valence-corrected chi connectivity index (χ2v) is 20.3. The molecule has 2 aliphatic rings. The minimum atomic E-state index is -2.10. The molecule has 9 aromatic rings. The van der Waals surface area contributed by atoms with Crippen molar-refractivity contribution >= 4 is 56.9 Å². The van der Waals surface area contributed by atoms with Crippen molar-refractivity contribution < 1.29 is 0 Å². The summed E-state index contributed by atoms with van der Waals surface area (Å²) in [6.45, 7) is 11.6. The van der Waals surface area contributed by atoms with Gasteiger partial charge < -0.3 is 9.13 Å². The summed E-state index contributed by atoms with van der Waals surface area (Å²) in [6.07, 6.45) is 6.46. The number of benzene rings is 7. The van der Waals surface area contributed by atoms with Gasteiger partial charge in [-0.1, -0.05) is 164 Å². The largest absolute Gasteiger partial charge is 0.309 e. The van der Waals surface area contributed by atoms with Gasteiger partial charge in [0.05, 0.1) is 33.2 Å². The van der Waals surface area contributed by atoms with Crippen LogP contribution in [0.1, 0.15) is 23.6 Å². The van der Waals surface area contributed by atoms with Gasteiger partial charge in [0, 0.05) is 27.2 Å². The van der Waals surface area contributed by atoms with Crippen molar-refractivity contribution in [3.05, 3.63) is 210 Å². The van der Waals surface area contributed by atoms with Crippen LogP contribution in [0, 0.1) is 0 Å². The van der Waals surface area contributed by atoms with Gasteiger partial charge in [-0.05, 0) is 82.8 Å². The van der Waals surface area contributed by atoms with Gasteiger partial charge in [0.1, 0.15) is 8.07 Å². The number of fused-ring (bicyclic) bond motifs is 12. The Morgan fingerprint density at radius 2 is 1.11 bits per heavy atom. The number of nitrogens with zero attached hydrogens (tertiary/aromatic N) is 2. The van der Waals surface area contributed by atoms with Gasteiger partial charge in [0.25, 0.3) is 0 Å². The SMILES string of the molecule is C=C/C=C\C1=C(C)[Si](C)(C)c2ccc(-c3ccc(-n4c5ccccc5c5ccccc54)cc3)cc2C12c1ccccc1-n1c3ccccc3c3cccc2c31. The number of para-hydroxylation sites is 5. The first kappa shape index (κ1) is 32.0. The van der Waals surface area contributed by atoms with Gasteiger partial charge in [0.2, 0.25) is 0 Å². The summed E-state index contributed by atoms with van der Waals surface area (Å²) in [6, 6.07) is 59.1. The number of allylic oxidation sites excluding steroid dienone is 5. The second kappa shape index (κ2) is 11.5. The van der Waals surface area contributed by atoms with E-state index in [0.29, 0.717) is 0 Å². The number of hydrogen-bond acceptors (Lipinski definition) is 0. The van der Waals surface area contributed by atoms with Gasteiger partial charge >= 0.3 is 0 Å². The number of aromatic nitrogens is 2. The van der Waals surface area contributed by atoms with Gasteiger partial charge in [-0.15, -0.1) is 0 Å². The Balaban J connectivity index is 1.19. The predicted molar refractivity (Wildman–Crippen MR) is 236 cm³/mol. The third-order valence-electron chi connectivity index (χ3n) is 12.9. The highest BCUT2D eigenvalue weighted by Crippen LogP contribution is 2.57. The van der Waals surface area contributed by atoms with E-state index in [9.17, 15) is 0 Å². The van der Waals surface area contributed by atoms with Crippen molar-refractivity contribution in [1.29, 1.82) is 0 Å². The molecule has 0 amide bonds. The van der Waals surface area contributed by atoms with E-state index in [0.717, 1.165) is 0 Å². The van der Waals surface area contributed by atoms with E-state index in [1.54, 1.807) is 0 Å². The number of rotatable bonds is 4. The molecule has 11 rings (SSSR count). The van der Waals surface area contributed by atoms with E-state index in [4.69, 9.17) is 0 Å². The fourth-order valence-corrected chi connectivity index (χ4v) is 13.0. The maximum absolute atomic E-state index is 4.14. The predicted octanol–water partition coefficient (Wildman–Crippen LogP) is 12.7. The van der Waals surface area contributed by atoms with Gasteiger partial charge in [-0.2, -0.15) is 0 Å². The molecule has 55 heavy (non-hydrogen) atoms. The molecule has 0 radical (unpaired) electrons. The van der Waals surface area contributed by atoms with Crippen LogP contribution in [0.5, 0.6) is 0 Å². The summed E-state index contributed by atoms with van der Waals surface area (Å²) >= 11 is 0. The van der Waals surface area contributed by atoms with Crippen LogP contribution in [-0.4, -0.2) is 17.2 Å². The standard InChI is InChI=1S/C52H40N2Si/c1-5-6-20-42-34(2)55(3,4)50-32-29-36(35-27-30-37(31-28-35)53-46-23-11-7-16-38(46)39-17-8-12-24-47(39)53)33-45(50)52(42)43-21-10-14-26-49(43)54-48-25-13-9-18-40(48)41-19-15-22-44(52)51(41)54/h5-33H,1H2,2-4H3/b20-6-. The molecular weight excluding hydrogens is 681 g/mol. The van der Waals surface area contributed by atoms with E-state index in [-0.39, 0.29) is 0 Å². The smallest absolute Gasteiger partial charge is 0.108 e. The van der Waals surface area contributed by atoms with Crippen molar-refractivity contribution in [1.82, 2.24) is 9.13 Å². The molecule has 2 aromatic heterocycles. The van der Waals surface area contributed by atoms with E-state index >= 15 is 0 Å². The fraction of sp³-hybridized carbons (Fsp3) is 0.0769. The Kier molecular flexibility index (Phi) is 6.72. The molecule has 262 valence electrons. The molecule has 0 aliphatic carbocycles. The van der Waals surface area contributed by atoms with Crippen LogP contribution in [0.4, 0.5) is 0 Å². The minimum Gasteiger partial charge on any atom is -0.309 e. The van der Waals surface area contributed by atoms with Gasteiger partial charge in [0.15, 0.2) is 0 Å². The molecule has 3 heteroatoms. The fourth-order valence-electron chi connectivity index (χ4n) is 10.2.